The summed E-state index contributed by atoms with van der Waals surface area (Å²) in [6.45, 7) is 2.12. The fourth-order valence-electron chi connectivity index (χ4n) is 2.28. The maximum absolute atomic E-state index is 12.9. The molecule has 0 aliphatic carbocycles. The van der Waals surface area contributed by atoms with E-state index in [1.807, 2.05) is 0 Å². The van der Waals surface area contributed by atoms with Gasteiger partial charge in [0.05, 0.1) is 25.8 Å². The smallest absolute Gasteiger partial charge is 0.310 e. The molecule has 2 rings (SSSR count). The normalized spacial score (nSPS) is 12.1. The van der Waals surface area contributed by atoms with Gasteiger partial charge in [0.2, 0.25) is 5.91 Å². The van der Waals surface area contributed by atoms with E-state index in [4.69, 9.17) is 9.15 Å². The molecule has 0 spiro atoms. The zero-order chi connectivity index (χ0) is 18.2. The van der Waals surface area contributed by atoms with E-state index >= 15 is 0 Å². The Hall–Kier alpha value is -2.89. The van der Waals surface area contributed by atoms with Crippen LogP contribution in [0.2, 0.25) is 0 Å². The number of carbonyl (C=O) groups excluding carboxylic acids is 2. The van der Waals surface area contributed by atoms with Crippen molar-refractivity contribution in [1.82, 2.24) is 4.90 Å². The van der Waals surface area contributed by atoms with Crippen molar-refractivity contribution in [1.29, 1.82) is 0 Å². The zero-order valence-corrected chi connectivity index (χ0v) is 14.1. The molecule has 0 aliphatic heterocycles. The van der Waals surface area contributed by atoms with E-state index in [2.05, 4.69) is 0 Å². The predicted molar refractivity (Wildman–Crippen MR) is 90.7 cm³/mol. The van der Waals surface area contributed by atoms with Gasteiger partial charge in [-0.3, -0.25) is 9.59 Å². The monoisotopic (exact) mass is 345 g/mol. The molecule has 0 saturated carbocycles. The van der Waals surface area contributed by atoms with Gasteiger partial charge in [-0.05, 0) is 35.9 Å². The highest BCUT2D eigenvalue weighted by Crippen LogP contribution is 2.11. The summed E-state index contributed by atoms with van der Waals surface area (Å²) in [5, 5.41) is 0. The molecule has 1 amide bonds. The minimum absolute atomic E-state index is 0.194. The summed E-state index contributed by atoms with van der Waals surface area (Å²) in [5.74, 6) is -0.866. The second kappa shape index (κ2) is 8.82. The molecular weight excluding hydrogens is 325 g/mol. The Bertz CT molecular complexity index is 722. The van der Waals surface area contributed by atoms with Crippen molar-refractivity contribution in [3.05, 3.63) is 65.9 Å². The molecule has 1 heterocycles. The molecular formula is C19H20FNO4. The number of furan rings is 1. The summed E-state index contributed by atoms with van der Waals surface area (Å²) in [6, 6.07) is 9.29. The highest BCUT2D eigenvalue weighted by molar-refractivity contribution is 5.92. The third-order valence-corrected chi connectivity index (χ3v) is 3.62. The molecule has 0 fully saturated rings. The summed E-state index contributed by atoms with van der Waals surface area (Å²) < 4.78 is 22.9. The first-order valence-electron chi connectivity index (χ1n) is 7.82. The lowest BCUT2D eigenvalue weighted by Crippen LogP contribution is -2.35. The fourth-order valence-corrected chi connectivity index (χ4v) is 2.28. The molecule has 132 valence electrons. The molecule has 0 saturated heterocycles. The maximum atomic E-state index is 12.9. The van der Waals surface area contributed by atoms with Crippen LogP contribution in [-0.4, -0.2) is 30.4 Å². The minimum Gasteiger partial charge on any atom is -0.469 e. The van der Waals surface area contributed by atoms with E-state index in [0.29, 0.717) is 11.3 Å². The van der Waals surface area contributed by atoms with Crippen molar-refractivity contribution < 1.29 is 23.1 Å². The number of methoxy groups -OCH3 is 1. The quantitative estimate of drug-likeness (QED) is 0.571. The molecule has 0 N–H and O–H groups in total. The van der Waals surface area contributed by atoms with Gasteiger partial charge in [0, 0.05) is 12.6 Å². The fraction of sp³-hybridized carbons (Fsp3) is 0.263. The highest BCUT2D eigenvalue weighted by atomic mass is 19.1. The first-order valence-corrected chi connectivity index (χ1v) is 7.82. The van der Waals surface area contributed by atoms with E-state index in [0.717, 1.165) is 0 Å². The first-order chi connectivity index (χ1) is 12.0. The number of rotatable bonds is 7. The largest absolute Gasteiger partial charge is 0.469 e. The summed E-state index contributed by atoms with van der Waals surface area (Å²) in [7, 11) is 1.31. The number of ether oxygens (including phenoxy) is 1. The average molecular weight is 345 g/mol. The predicted octanol–water partition coefficient (Wildman–Crippen LogP) is 3.27. The SMILES string of the molecule is COC(=O)C(C)CN(Cc1ccco1)C(=O)/C=C/c1ccc(F)cc1. The second-order valence-corrected chi connectivity index (χ2v) is 5.61. The zero-order valence-electron chi connectivity index (χ0n) is 14.1. The van der Waals surface area contributed by atoms with Crippen molar-refractivity contribution in [2.24, 2.45) is 5.92 Å². The van der Waals surface area contributed by atoms with Gasteiger partial charge in [-0.1, -0.05) is 19.1 Å². The summed E-state index contributed by atoms with van der Waals surface area (Å²) >= 11 is 0. The Balaban J connectivity index is 2.10. The number of hydrogen-bond acceptors (Lipinski definition) is 4. The van der Waals surface area contributed by atoms with E-state index in [-0.39, 0.29) is 30.8 Å². The van der Waals surface area contributed by atoms with Crippen LogP contribution in [0.25, 0.3) is 6.08 Å². The molecule has 0 bridgehead atoms. The molecule has 5 nitrogen and oxygen atoms in total. The van der Waals surface area contributed by atoms with Crippen LogP contribution in [0.1, 0.15) is 18.2 Å². The van der Waals surface area contributed by atoms with Crippen molar-refractivity contribution >= 4 is 18.0 Å². The number of benzene rings is 1. The topological polar surface area (TPSA) is 59.8 Å². The molecule has 1 atom stereocenters. The van der Waals surface area contributed by atoms with E-state index in [1.165, 1.54) is 36.5 Å². The van der Waals surface area contributed by atoms with Gasteiger partial charge < -0.3 is 14.1 Å². The van der Waals surface area contributed by atoms with Crippen molar-refractivity contribution in [2.45, 2.75) is 13.5 Å². The van der Waals surface area contributed by atoms with E-state index in [1.54, 1.807) is 37.3 Å². The van der Waals surface area contributed by atoms with Crippen LogP contribution in [0.5, 0.6) is 0 Å². The molecule has 6 heteroatoms. The van der Waals surface area contributed by atoms with Crippen molar-refractivity contribution in [3.8, 4) is 0 Å². The van der Waals surface area contributed by atoms with Gasteiger partial charge in [-0.15, -0.1) is 0 Å². The molecule has 1 aromatic heterocycles. The van der Waals surface area contributed by atoms with Crippen LogP contribution in [-0.2, 0) is 20.9 Å². The van der Waals surface area contributed by atoms with Gasteiger partial charge in [-0.25, -0.2) is 4.39 Å². The number of amides is 1. The van der Waals surface area contributed by atoms with Gasteiger partial charge in [0.1, 0.15) is 11.6 Å². The lowest BCUT2D eigenvalue weighted by atomic mass is 10.1. The van der Waals surface area contributed by atoms with Crippen LogP contribution in [0.3, 0.4) is 0 Å². The summed E-state index contributed by atoms with van der Waals surface area (Å²) in [4.78, 5) is 25.7. The molecule has 0 aliphatic rings. The van der Waals surface area contributed by atoms with Gasteiger partial charge in [0.25, 0.3) is 0 Å². The first kappa shape index (κ1) is 18.4. The molecule has 0 radical (unpaired) electrons. The number of nitrogens with zero attached hydrogens (tertiary/aromatic N) is 1. The van der Waals surface area contributed by atoms with Crippen molar-refractivity contribution in [2.75, 3.05) is 13.7 Å². The van der Waals surface area contributed by atoms with E-state index in [9.17, 15) is 14.0 Å². The number of hydrogen-bond donors (Lipinski definition) is 0. The Morgan fingerprint density at radius 2 is 2.00 bits per heavy atom. The third kappa shape index (κ3) is 5.60. The second-order valence-electron chi connectivity index (χ2n) is 5.61. The number of carbonyl (C=O) groups is 2. The average Bonchev–Trinajstić information content (AvgIpc) is 3.12. The van der Waals surface area contributed by atoms with Gasteiger partial charge in [0.15, 0.2) is 0 Å². The highest BCUT2D eigenvalue weighted by Gasteiger charge is 2.21. The van der Waals surface area contributed by atoms with Crippen LogP contribution >= 0.6 is 0 Å². The van der Waals surface area contributed by atoms with Crippen LogP contribution in [0, 0.1) is 11.7 Å². The molecule has 25 heavy (non-hydrogen) atoms. The van der Waals surface area contributed by atoms with Crippen LogP contribution in [0.4, 0.5) is 4.39 Å². The summed E-state index contributed by atoms with van der Waals surface area (Å²) in [5.41, 5.74) is 0.703. The minimum atomic E-state index is -0.469. The molecule has 2 aromatic rings. The Kier molecular flexibility index (Phi) is 6.51. The lowest BCUT2D eigenvalue weighted by molar-refractivity contribution is -0.146. The third-order valence-electron chi connectivity index (χ3n) is 3.62. The number of halogens is 1. The summed E-state index contributed by atoms with van der Waals surface area (Å²) in [6.07, 6.45) is 4.51. The maximum Gasteiger partial charge on any atom is 0.310 e. The van der Waals surface area contributed by atoms with E-state index < -0.39 is 5.92 Å². The van der Waals surface area contributed by atoms with Gasteiger partial charge >= 0.3 is 5.97 Å². The molecule has 1 aromatic carbocycles. The standard InChI is InChI=1S/C19H20FNO4/c1-14(19(23)24-2)12-21(13-17-4-3-11-25-17)18(22)10-7-15-5-8-16(20)9-6-15/h3-11,14H,12-13H2,1-2H3/b10-7+. The Morgan fingerprint density at radius 1 is 1.28 bits per heavy atom. The Morgan fingerprint density at radius 3 is 2.60 bits per heavy atom. The lowest BCUT2D eigenvalue weighted by Gasteiger charge is -2.23. The molecule has 1 unspecified atom stereocenters. The van der Waals surface area contributed by atoms with Crippen molar-refractivity contribution in [3.63, 3.8) is 0 Å². The Labute approximate surface area is 145 Å². The van der Waals surface area contributed by atoms with Gasteiger partial charge in [-0.2, -0.15) is 0 Å². The van der Waals surface area contributed by atoms with Crippen LogP contribution < -0.4 is 0 Å². The number of esters is 1. The van der Waals surface area contributed by atoms with Crippen LogP contribution in [0.15, 0.2) is 53.2 Å².